The topological polar surface area (TPSA) is 27.7 Å². The molecule has 0 aliphatic carbocycles. The van der Waals surface area contributed by atoms with E-state index in [1.807, 2.05) is 0 Å². The van der Waals surface area contributed by atoms with Crippen LogP contribution in [-0.4, -0.2) is 31.2 Å². The second-order valence-electron chi connectivity index (χ2n) is 7.48. The van der Waals surface area contributed by atoms with Gasteiger partial charge in [0.05, 0.1) is 25.4 Å². The van der Waals surface area contributed by atoms with Gasteiger partial charge in [-0.3, -0.25) is 0 Å². The van der Waals surface area contributed by atoms with Crippen LogP contribution in [0.15, 0.2) is 0 Å². The lowest BCUT2D eigenvalue weighted by Crippen LogP contribution is -2.52. The van der Waals surface area contributed by atoms with Crippen LogP contribution in [0.3, 0.4) is 0 Å². The minimum Gasteiger partial charge on any atom is -0.375 e. The molecule has 0 atom stereocenters. The van der Waals surface area contributed by atoms with Gasteiger partial charge in [0, 0.05) is 12.8 Å². The highest BCUT2D eigenvalue weighted by Crippen LogP contribution is 2.42. The molecule has 1 fully saturated rings. The first kappa shape index (κ1) is 21.9. The lowest BCUT2D eigenvalue weighted by molar-refractivity contribution is -0.301. The van der Waals surface area contributed by atoms with Crippen LogP contribution in [0.4, 0.5) is 0 Å². The van der Waals surface area contributed by atoms with Crippen molar-refractivity contribution in [3.05, 3.63) is 0 Å². The van der Waals surface area contributed by atoms with Gasteiger partial charge in [0.15, 0.2) is 5.79 Å². The zero-order valence-corrected chi connectivity index (χ0v) is 16.8. The molecule has 144 valence electrons. The van der Waals surface area contributed by atoms with Crippen LogP contribution in [0, 0.1) is 0 Å². The Morgan fingerprint density at radius 2 is 1.25 bits per heavy atom. The summed E-state index contributed by atoms with van der Waals surface area (Å²) >= 11 is 0. The molecule has 0 radical (unpaired) electrons. The molecule has 24 heavy (non-hydrogen) atoms. The van der Waals surface area contributed by atoms with Crippen LogP contribution in [0.2, 0.25) is 0 Å². The molecule has 0 bridgehead atoms. The van der Waals surface area contributed by atoms with E-state index in [2.05, 4.69) is 27.7 Å². The van der Waals surface area contributed by atoms with Gasteiger partial charge in [0.2, 0.25) is 0 Å². The van der Waals surface area contributed by atoms with Gasteiger partial charge < -0.3 is 14.2 Å². The Bertz CT molecular complexity index is 285. The van der Waals surface area contributed by atoms with Gasteiger partial charge in [0.1, 0.15) is 0 Å². The number of hydrogen-bond donors (Lipinski definition) is 0. The molecule has 1 rings (SSSR count). The number of ether oxygens (including phenoxy) is 3. The average Bonchev–Trinajstić information content (AvgIpc) is 2.59. The molecule has 0 aromatic carbocycles. The smallest absolute Gasteiger partial charge is 0.173 e. The zero-order chi connectivity index (χ0) is 17.7. The van der Waals surface area contributed by atoms with Crippen molar-refractivity contribution < 1.29 is 14.2 Å². The highest BCUT2D eigenvalue weighted by Gasteiger charge is 2.46. The van der Waals surface area contributed by atoms with E-state index in [1.165, 1.54) is 38.5 Å². The highest BCUT2D eigenvalue weighted by molar-refractivity contribution is 4.92. The SMILES string of the molecule is CCCCOC1(OCCCC)CCOC(CCCC)(CCCC)C1. The van der Waals surface area contributed by atoms with Gasteiger partial charge in [-0.25, -0.2) is 0 Å². The molecule has 0 aromatic heterocycles. The molecule has 1 aliphatic heterocycles. The van der Waals surface area contributed by atoms with E-state index in [9.17, 15) is 0 Å². The fourth-order valence-electron chi connectivity index (χ4n) is 3.59. The van der Waals surface area contributed by atoms with E-state index in [4.69, 9.17) is 14.2 Å². The third-order valence-electron chi connectivity index (χ3n) is 5.18. The largest absolute Gasteiger partial charge is 0.375 e. The summed E-state index contributed by atoms with van der Waals surface area (Å²) in [7, 11) is 0. The maximum atomic E-state index is 6.38. The molecular formula is C21H42O3. The van der Waals surface area contributed by atoms with Gasteiger partial charge in [-0.2, -0.15) is 0 Å². The Morgan fingerprint density at radius 1 is 0.750 bits per heavy atom. The molecule has 1 heterocycles. The van der Waals surface area contributed by atoms with Crippen LogP contribution in [-0.2, 0) is 14.2 Å². The molecule has 3 heteroatoms. The van der Waals surface area contributed by atoms with Crippen LogP contribution in [0.5, 0.6) is 0 Å². The van der Waals surface area contributed by atoms with Crippen LogP contribution in [0.25, 0.3) is 0 Å². The number of unbranched alkanes of at least 4 members (excludes halogenated alkanes) is 4. The van der Waals surface area contributed by atoms with Crippen molar-refractivity contribution in [1.29, 1.82) is 0 Å². The summed E-state index contributed by atoms with van der Waals surface area (Å²) < 4.78 is 19.1. The van der Waals surface area contributed by atoms with Gasteiger partial charge in [-0.05, 0) is 25.7 Å². The number of rotatable bonds is 14. The predicted molar refractivity (Wildman–Crippen MR) is 101 cm³/mol. The standard InChI is InChI=1S/C21H42O3/c1-5-9-13-20(14-10-6-2)19-21(15-18-22-20,23-16-11-7-3)24-17-12-8-4/h5-19H2,1-4H3. The summed E-state index contributed by atoms with van der Waals surface area (Å²) in [5.41, 5.74) is -0.0390. The first-order chi connectivity index (χ1) is 11.7. The molecular weight excluding hydrogens is 300 g/mol. The Kier molecular flexibility index (Phi) is 11.2. The van der Waals surface area contributed by atoms with E-state index in [-0.39, 0.29) is 5.60 Å². The lowest BCUT2D eigenvalue weighted by atomic mass is 9.81. The fraction of sp³-hybridized carbons (Fsp3) is 1.00. The molecule has 0 amide bonds. The molecule has 0 aromatic rings. The number of hydrogen-bond acceptors (Lipinski definition) is 3. The minimum atomic E-state index is -0.413. The van der Waals surface area contributed by atoms with Crippen molar-refractivity contribution in [2.45, 2.75) is 116 Å². The molecule has 0 N–H and O–H groups in total. The highest BCUT2D eigenvalue weighted by atomic mass is 16.7. The summed E-state index contributed by atoms with van der Waals surface area (Å²) in [6.45, 7) is 11.3. The van der Waals surface area contributed by atoms with E-state index in [1.54, 1.807) is 0 Å². The Labute approximate surface area is 150 Å². The van der Waals surface area contributed by atoms with Crippen molar-refractivity contribution in [3.63, 3.8) is 0 Å². The normalized spacial score (nSPS) is 19.5. The zero-order valence-electron chi connectivity index (χ0n) is 16.8. The maximum absolute atomic E-state index is 6.38. The molecule has 1 saturated heterocycles. The quantitative estimate of drug-likeness (QED) is 0.276. The third kappa shape index (κ3) is 7.41. The minimum absolute atomic E-state index is 0.0390. The molecule has 0 spiro atoms. The average molecular weight is 343 g/mol. The predicted octanol–water partition coefficient (Wildman–Crippen LogP) is 6.25. The van der Waals surface area contributed by atoms with Crippen LogP contribution < -0.4 is 0 Å². The summed E-state index contributed by atoms with van der Waals surface area (Å²) in [5, 5.41) is 0. The second-order valence-corrected chi connectivity index (χ2v) is 7.48. The molecule has 0 unspecified atom stereocenters. The summed E-state index contributed by atoms with van der Waals surface area (Å²) in [6, 6.07) is 0. The van der Waals surface area contributed by atoms with E-state index in [0.29, 0.717) is 0 Å². The first-order valence-corrected chi connectivity index (χ1v) is 10.6. The Hall–Kier alpha value is -0.120. The van der Waals surface area contributed by atoms with E-state index in [0.717, 1.165) is 58.3 Å². The van der Waals surface area contributed by atoms with E-state index >= 15 is 0 Å². The molecule has 3 nitrogen and oxygen atoms in total. The Morgan fingerprint density at radius 3 is 1.71 bits per heavy atom. The monoisotopic (exact) mass is 342 g/mol. The van der Waals surface area contributed by atoms with Crippen molar-refractivity contribution in [2.75, 3.05) is 19.8 Å². The Balaban J connectivity index is 2.81. The summed E-state index contributed by atoms with van der Waals surface area (Å²) in [4.78, 5) is 0. The van der Waals surface area contributed by atoms with Gasteiger partial charge in [-0.15, -0.1) is 0 Å². The maximum Gasteiger partial charge on any atom is 0.173 e. The van der Waals surface area contributed by atoms with Crippen LogP contribution in [0.1, 0.15) is 105 Å². The van der Waals surface area contributed by atoms with Crippen molar-refractivity contribution in [3.8, 4) is 0 Å². The molecule has 1 aliphatic rings. The second kappa shape index (κ2) is 12.3. The lowest BCUT2D eigenvalue weighted by Gasteiger charge is -2.47. The van der Waals surface area contributed by atoms with E-state index < -0.39 is 5.79 Å². The van der Waals surface area contributed by atoms with Crippen molar-refractivity contribution in [1.82, 2.24) is 0 Å². The summed E-state index contributed by atoms with van der Waals surface area (Å²) in [5.74, 6) is -0.413. The van der Waals surface area contributed by atoms with Crippen LogP contribution >= 0.6 is 0 Å². The van der Waals surface area contributed by atoms with Gasteiger partial charge in [-0.1, -0.05) is 66.2 Å². The fourth-order valence-corrected chi connectivity index (χ4v) is 3.59. The van der Waals surface area contributed by atoms with Gasteiger partial charge >= 0.3 is 0 Å². The van der Waals surface area contributed by atoms with Gasteiger partial charge in [0.25, 0.3) is 0 Å². The van der Waals surface area contributed by atoms with Crippen molar-refractivity contribution >= 4 is 0 Å². The first-order valence-electron chi connectivity index (χ1n) is 10.6. The third-order valence-corrected chi connectivity index (χ3v) is 5.18. The summed E-state index contributed by atoms with van der Waals surface area (Å²) in [6.07, 6.45) is 13.5. The van der Waals surface area contributed by atoms with Crippen molar-refractivity contribution in [2.24, 2.45) is 0 Å². The molecule has 0 saturated carbocycles.